The number of rotatable bonds is 3. The maximum Gasteiger partial charge on any atom is 0.357 e. The Morgan fingerprint density at radius 3 is 2.57 bits per heavy atom. The fourth-order valence-corrected chi connectivity index (χ4v) is 2.00. The normalized spacial score (nSPS) is 9.90. The zero-order valence-corrected chi connectivity index (χ0v) is 11.2. The molecule has 21 heavy (non-hydrogen) atoms. The highest BCUT2D eigenvalue weighted by molar-refractivity contribution is 5.99. The standard InChI is InChI=1S/C14H12N4O3/c1-21-14(20)12-11(16)8(6-15)7-18(12)10-5-3-2-4-9(10)13(17)19/h2-5,7H,16H2,1H3,(H2,17,19). The molecule has 0 unspecified atom stereocenters. The minimum absolute atomic E-state index is 0.0105. The number of nitrogens with two attached hydrogens (primary N) is 2. The van der Waals surface area contributed by atoms with Gasteiger partial charge in [-0.15, -0.1) is 0 Å². The van der Waals surface area contributed by atoms with Crippen LogP contribution in [0.3, 0.4) is 0 Å². The number of nitriles is 1. The smallest absolute Gasteiger partial charge is 0.357 e. The monoisotopic (exact) mass is 284 g/mol. The number of anilines is 1. The maximum atomic E-state index is 11.9. The second kappa shape index (κ2) is 5.38. The van der Waals surface area contributed by atoms with Crippen LogP contribution in [0.4, 0.5) is 5.69 Å². The summed E-state index contributed by atoms with van der Waals surface area (Å²) in [6.45, 7) is 0. The number of para-hydroxylation sites is 1. The first-order chi connectivity index (χ1) is 10.0. The van der Waals surface area contributed by atoms with E-state index >= 15 is 0 Å². The van der Waals surface area contributed by atoms with Crippen molar-refractivity contribution in [2.24, 2.45) is 5.73 Å². The molecule has 0 bridgehead atoms. The average molecular weight is 284 g/mol. The van der Waals surface area contributed by atoms with Crippen LogP contribution >= 0.6 is 0 Å². The first-order valence-electron chi connectivity index (χ1n) is 5.89. The Kier molecular flexibility index (Phi) is 3.63. The average Bonchev–Trinajstić information content (AvgIpc) is 2.83. The van der Waals surface area contributed by atoms with Crippen molar-refractivity contribution in [3.8, 4) is 11.8 Å². The van der Waals surface area contributed by atoms with Crippen LogP contribution in [0.15, 0.2) is 30.5 Å². The largest absolute Gasteiger partial charge is 0.464 e. The molecule has 4 N–H and O–H groups in total. The first-order valence-corrected chi connectivity index (χ1v) is 5.89. The van der Waals surface area contributed by atoms with Crippen LogP contribution in [0.25, 0.3) is 5.69 Å². The third kappa shape index (κ3) is 2.30. The number of hydrogen-bond donors (Lipinski definition) is 2. The fraction of sp³-hybridized carbons (Fsp3) is 0.0714. The van der Waals surface area contributed by atoms with Crippen molar-refractivity contribution in [3.63, 3.8) is 0 Å². The van der Waals surface area contributed by atoms with Crippen LogP contribution < -0.4 is 11.5 Å². The van der Waals surface area contributed by atoms with Crippen molar-refractivity contribution in [2.45, 2.75) is 0 Å². The Morgan fingerprint density at radius 2 is 2.00 bits per heavy atom. The number of nitrogen functional groups attached to an aromatic ring is 1. The summed E-state index contributed by atoms with van der Waals surface area (Å²) in [5, 5.41) is 9.05. The summed E-state index contributed by atoms with van der Waals surface area (Å²) in [5.41, 5.74) is 11.7. The summed E-state index contributed by atoms with van der Waals surface area (Å²) in [6, 6.07) is 8.30. The SMILES string of the molecule is COC(=O)c1c(N)c(C#N)cn1-c1ccccc1C(N)=O. The fourth-order valence-electron chi connectivity index (χ4n) is 2.00. The molecule has 0 fully saturated rings. The van der Waals surface area contributed by atoms with Gasteiger partial charge in [0.05, 0.1) is 29.6 Å². The van der Waals surface area contributed by atoms with Crippen LogP contribution in [0.1, 0.15) is 26.4 Å². The molecule has 0 aliphatic heterocycles. The van der Waals surface area contributed by atoms with Crippen molar-refractivity contribution >= 4 is 17.6 Å². The Balaban J connectivity index is 2.79. The van der Waals surface area contributed by atoms with Crippen LogP contribution in [0.5, 0.6) is 0 Å². The molecule has 2 aromatic rings. The van der Waals surface area contributed by atoms with E-state index in [9.17, 15) is 9.59 Å². The van der Waals surface area contributed by atoms with Gasteiger partial charge in [-0.3, -0.25) is 4.79 Å². The number of methoxy groups -OCH3 is 1. The molecule has 7 heteroatoms. The van der Waals surface area contributed by atoms with Gasteiger partial charge in [-0.05, 0) is 12.1 Å². The predicted octanol–water partition coefficient (Wildman–Crippen LogP) is 0.817. The van der Waals surface area contributed by atoms with Gasteiger partial charge in [0.25, 0.3) is 5.91 Å². The number of amides is 1. The predicted molar refractivity (Wildman–Crippen MR) is 74.8 cm³/mol. The maximum absolute atomic E-state index is 11.9. The molecule has 2 rings (SSSR count). The third-order valence-electron chi connectivity index (χ3n) is 2.97. The van der Waals surface area contributed by atoms with Crippen LogP contribution in [0.2, 0.25) is 0 Å². The molecule has 106 valence electrons. The van der Waals surface area contributed by atoms with Gasteiger partial charge in [0.15, 0.2) is 5.69 Å². The molecule has 1 amide bonds. The zero-order valence-electron chi connectivity index (χ0n) is 11.2. The van der Waals surface area contributed by atoms with Crippen molar-refractivity contribution < 1.29 is 14.3 Å². The van der Waals surface area contributed by atoms with Crippen molar-refractivity contribution in [1.29, 1.82) is 5.26 Å². The lowest BCUT2D eigenvalue weighted by Gasteiger charge is -2.11. The molecule has 7 nitrogen and oxygen atoms in total. The molecule has 0 spiro atoms. The number of benzene rings is 1. The van der Waals surface area contributed by atoms with Crippen molar-refractivity contribution in [1.82, 2.24) is 4.57 Å². The summed E-state index contributed by atoms with van der Waals surface area (Å²) in [7, 11) is 1.20. The van der Waals surface area contributed by atoms with E-state index in [0.717, 1.165) is 0 Å². The third-order valence-corrected chi connectivity index (χ3v) is 2.97. The molecule has 0 radical (unpaired) electrons. The second-order valence-electron chi connectivity index (χ2n) is 4.16. The molecule has 1 heterocycles. The highest BCUT2D eigenvalue weighted by Crippen LogP contribution is 2.26. The van der Waals surface area contributed by atoms with E-state index in [2.05, 4.69) is 4.74 Å². The quantitative estimate of drug-likeness (QED) is 0.807. The Labute approximate surface area is 120 Å². The minimum atomic E-state index is -0.715. The molecule has 0 atom stereocenters. The van der Waals surface area contributed by atoms with Gasteiger partial charge in [-0.25, -0.2) is 4.79 Å². The Morgan fingerprint density at radius 1 is 1.33 bits per heavy atom. The Bertz CT molecular complexity index is 771. The number of aromatic nitrogens is 1. The summed E-state index contributed by atoms with van der Waals surface area (Å²) in [6.07, 6.45) is 1.36. The van der Waals surface area contributed by atoms with Gasteiger partial charge in [0.2, 0.25) is 0 Å². The second-order valence-corrected chi connectivity index (χ2v) is 4.16. The summed E-state index contributed by atoms with van der Waals surface area (Å²) >= 11 is 0. The zero-order chi connectivity index (χ0) is 15.6. The van der Waals surface area contributed by atoms with E-state index in [1.54, 1.807) is 18.2 Å². The van der Waals surface area contributed by atoms with E-state index in [4.69, 9.17) is 16.7 Å². The lowest BCUT2D eigenvalue weighted by atomic mass is 10.1. The van der Waals surface area contributed by atoms with E-state index in [0.29, 0.717) is 5.69 Å². The molecule has 0 aliphatic carbocycles. The van der Waals surface area contributed by atoms with Gasteiger partial charge < -0.3 is 20.8 Å². The van der Waals surface area contributed by atoms with Crippen LogP contribution in [-0.4, -0.2) is 23.6 Å². The van der Waals surface area contributed by atoms with Gasteiger partial charge in [0.1, 0.15) is 6.07 Å². The number of ether oxygens (including phenoxy) is 1. The molecular formula is C14H12N4O3. The highest BCUT2D eigenvalue weighted by atomic mass is 16.5. The number of carbonyl (C=O) groups excluding carboxylic acids is 2. The van der Waals surface area contributed by atoms with Crippen LogP contribution in [0, 0.1) is 11.3 Å². The van der Waals surface area contributed by atoms with E-state index in [-0.39, 0.29) is 22.5 Å². The van der Waals surface area contributed by atoms with Gasteiger partial charge in [0, 0.05) is 6.20 Å². The van der Waals surface area contributed by atoms with E-state index in [1.807, 2.05) is 6.07 Å². The molecule has 1 aromatic heterocycles. The minimum Gasteiger partial charge on any atom is -0.464 e. The van der Waals surface area contributed by atoms with Crippen LogP contribution in [-0.2, 0) is 4.74 Å². The van der Waals surface area contributed by atoms with Crippen molar-refractivity contribution in [3.05, 3.63) is 47.3 Å². The number of hydrogen-bond acceptors (Lipinski definition) is 5. The molecule has 1 aromatic carbocycles. The molecule has 0 saturated carbocycles. The van der Waals surface area contributed by atoms with Gasteiger partial charge in [-0.2, -0.15) is 5.26 Å². The lowest BCUT2D eigenvalue weighted by Crippen LogP contribution is -2.17. The number of primary amides is 1. The molecule has 0 aliphatic rings. The van der Waals surface area contributed by atoms with Crippen molar-refractivity contribution in [2.75, 3.05) is 12.8 Å². The highest BCUT2D eigenvalue weighted by Gasteiger charge is 2.23. The molecule has 0 saturated heterocycles. The summed E-state index contributed by atoms with van der Waals surface area (Å²) in [5.74, 6) is -1.37. The molecular weight excluding hydrogens is 272 g/mol. The van der Waals surface area contributed by atoms with E-state index < -0.39 is 11.9 Å². The number of carbonyl (C=O) groups is 2. The summed E-state index contributed by atoms with van der Waals surface area (Å²) in [4.78, 5) is 23.4. The van der Waals surface area contributed by atoms with E-state index in [1.165, 1.54) is 23.9 Å². The first kappa shape index (κ1) is 14.1. The van der Waals surface area contributed by atoms with Gasteiger partial charge in [-0.1, -0.05) is 12.1 Å². The number of nitrogens with zero attached hydrogens (tertiary/aromatic N) is 2. The lowest BCUT2D eigenvalue weighted by molar-refractivity contribution is 0.0592. The number of esters is 1. The summed E-state index contributed by atoms with van der Waals surface area (Å²) < 4.78 is 6.01. The Hall–Kier alpha value is -3.27. The topological polar surface area (TPSA) is 124 Å². The van der Waals surface area contributed by atoms with Gasteiger partial charge >= 0.3 is 5.97 Å².